The topological polar surface area (TPSA) is 61.9 Å². The fraction of sp³-hybridized carbons (Fsp3) is 0.154. The lowest BCUT2D eigenvalue weighted by atomic mass is 10.3. The first-order valence-electron chi connectivity index (χ1n) is 5.64. The number of nitriles is 1. The van der Waals surface area contributed by atoms with Crippen LogP contribution in [0.5, 0.6) is 0 Å². The SMILES string of the molecule is N#Cc1cnc2n(c1=O)CCN2c1ccccc1. The molecule has 1 aliphatic rings. The molecule has 0 bridgehead atoms. The van der Waals surface area contributed by atoms with Gasteiger partial charge in [-0.05, 0) is 12.1 Å². The van der Waals surface area contributed by atoms with E-state index in [0.29, 0.717) is 19.0 Å². The largest absolute Gasteiger partial charge is 0.310 e. The van der Waals surface area contributed by atoms with Crippen molar-refractivity contribution in [3.63, 3.8) is 0 Å². The van der Waals surface area contributed by atoms with Gasteiger partial charge in [0.05, 0.1) is 6.20 Å². The molecule has 2 aromatic rings. The van der Waals surface area contributed by atoms with E-state index < -0.39 is 0 Å². The number of para-hydroxylation sites is 1. The predicted molar refractivity (Wildman–Crippen MR) is 66.7 cm³/mol. The molecular weight excluding hydrogens is 228 g/mol. The van der Waals surface area contributed by atoms with Crippen LogP contribution in [0.25, 0.3) is 0 Å². The van der Waals surface area contributed by atoms with Gasteiger partial charge in [-0.25, -0.2) is 4.98 Å². The monoisotopic (exact) mass is 238 g/mol. The molecule has 0 radical (unpaired) electrons. The van der Waals surface area contributed by atoms with E-state index in [0.717, 1.165) is 5.69 Å². The van der Waals surface area contributed by atoms with Crippen LogP contribution in [0, 0.1) is 11.3 Å². The average molecular weight is 238 g/mol. The number of rotatable bonds is 1. The number of hydrogen-bond acceptors (Lipinski definition) is 4. The maximum Gasteiger partial charge on any atom is 0.272 e. The van der Waals surface area contributed by atoms with E-state index in [1.807, 2.05) is 41.3 Å². The Morgan fingerprint density at radius 2 is 2.00 bits per heavy atom. The minimum Gasteiger partial charge on any atom is -0.310 e. The molecule has 1 aromatic carbocycles. The average Bonchev–Trinajstić information content (AvgIpc) is 2.85. The summed E-state index contributed by atoms with van der Waals surface area (Å²) < 4.78 is 1.55. The van der Waals surface area contributed by atoms with E-state index in [2.05, 4.69) is 4.98 Å². The molecule has 5 nitrogen and oxygen atoms in total. The van der Waals surface area contributed by atoms with Gasteiger partial charge in [-0.1, -0.05) is 18.2 Å². The van der Waals surface area contributed by atoms with Crippen molar-refractivity contribution in [2.75, 3.05) is 11.4 Å². The molecule has 0 atom stereocenters. The molecule has 1 aliphatic heterocycles. The molecule has 0 N–H and O–H groups in total. The standard InChI is InChI=1S/C13H10N4O/c14-8-10-9-15-13-16(6-7-17(13)12(10)18)11-4-2-1-3-5-11/h1-5,9H,6-7H2. The van der Waals surface area contributed by atoms with Crippen LogP contribution in [0.15, 0.2) is 41.3 Å². The summed E-state index contributed by atoms with van der Waals surface area (Å²) in [6.07, 6.45) is 1.34. The Morgan fingerprint density at radius 3 is 2.72 bits per heavy atom. The molecule has 88 valence electrons. The van der Waals surface area contributed by atoms with Gasteiger partial charge in [0.15, 0.2) is 0 Å². The third-order valence-electron chi connectivity index (χ3n) is 3.00. The van der Waals surface area contributed by atoms with Crippen LogP contribution >= 0.6 is 0 Å². The summed E-state index contributed by atoms with van der Waals surface area (Å²) in [6.45, 7) is 1.26. The second kappa shape index (κ2) is 4.00. The molecule has 0 saturated carbocycles. The smallest absolute Gasteiger partial charge is 0.272 e. The van der Waals surface area contributed by atoms with Crippen LogP contribution in [0.1, 0.15) is 5.56 Å². The number of benzene rings is 1. The number of nitrogens with zero attached hydrogens (tertiary/aromatic N) is 4. The lowest BCUT2D eigenvalue weighted by Gasteiger charge is -2.16. The second-order valence-corrected chi connectivity index (χ2v) is 4.03. The Hall–Kier alpha value is -2.61. The van der Waals surface area contributed by atoms with Crippen molar-refractivity contribution in [2.24, 2.45) is 0 Å². The number of hydrogen-bond donors (Lipinski definition) is 0. The van der Waals surface area contributed by atoms with Gasteiger partial charge in [0.2, 0.25) is 5.95 Å². The molecule has 5 heteroatoms. The molecular formula is C13H10N4O. The third kappa shape index (κ3) is 1.47. The summed E-state index contributed by atoms with van der Waals surface area (Å²) in [5.74, 6) is 0.602. The first-order valence-corrected chi connectivity index (χ1v) is 5.64. The van der Waals surface area contributed by atoms with Crippen molar-refractivity contribution < 1.29 is 0 Å². The Balaban J connectivity index is 2.12. The zero-order valence-electron chi connectivity index (χ0n) is 9.58. The highest BCUT2D eigenvalue weighted by Crippen LogP contribution is 2.26. The summed E-state index contributed by atoms with van der Waals surface area (Å²) >= 11 is 0. The van der Waals surface area contributed by atoms with Crippen LogP contribution in [-0.2, 0) is 6.54 Å². The van der Waals surface area contributed by atoms with Crippen LogP contribution in [-0.4, -0.2) is 16.1 Å². The number of aromatic nitrogens is 2. The molecule has 0 spiro atoms. The number of anilines is 2. The minimum atomic E-state index is -0.263. The predicted octanol–water partition coefficient (Wildman–Crippen LogP) is 1.27. The summed E-state index contributed by atoms with van der Waals surface area (Å²) in [6, 6.07) is 11.6. The molecule has 2 heterocycles. The van der Waals surface area contributed by atoms with Gasteiger partial charge < -0.3 is 4.90 Å². The fourth-order valence-electron chi connectivity index (χ4n) is 2.13. The van der Waals surface area contributed by atoms with Gasteiger partial charge in [0, 0.05) is 18.8 Å². The van der Waals surface area contributed by atoms with E-state index >= 15 is 0 Å². The highest BCUT2D eigenvalue weighted by Gasteiger charge is 2.23. The highest BCUT2D eigenvalue weighted by atomic mass is 16.1. The lowest BCUT2D eigenvalue weighted by Crippen LogP contribution is -2.22. The molecule has 0 saturated heterocycles. The summed E-state index contributed by atoms with van der Waals surface area (Å²) in [7, 11) is 0. The van der Waals surface area contributed by atoms with E-state index in [4.69, 9.17) is 5.26 Å². The van der Waals surface area contributed by atoms with Crippen molar-refractivity contribution in [1.82, 2.24) is 9.55 Å². The Labute approximate surface area is 104 Å². The summed E-state index contributed by atoms with van der Waals surface area (Å²) in [4.78, 5) is 18.1. The molecule has 18 heavy (non-hydrogen) atoms. The maximum absolute atomic E-state index is 11.9. The molecule has 3 rings (SSSR count). The second-order valence-electron chi connectivity index (χ2n) is 4.03. The van der Waals surface area contributed by atoms with Crippen LogP contribution in [0.2, 0.25) is 0 Å². The quantitative estimate of drug-likeness (QED) is 0.750. The summed E-state index contributed by atoms with van der Waals surface area (Å²) in [5, 5.41) is 8.82. The normalized spacial score (nSPS) is 13.2. The first-order chi connectivity index (χ1) is 8.81. The van der Waals surface area contributed by atoms with E-state index in [9.17, 15) is 4.79 Å². The van der Waals surface area contributed by atoms with Gasteiger partial charge >= 0.3 is 0 Å². The zero-order valence-corrected chi connectivity index (χ0v) is 9.58. The van der Waals surface area contributed by atoms with Gasteiger partial charge in [0.25, 0.3) is 5.56 Å². The van der Waals surface area contributed by atoms with E-state index in [-0.39, 0.29) is 11.1 Å². The fourth-order valence-corrected chi connectivity index (χ4v) is 2.13. The Bertz CT molecular complexity index is 684. The van der Waals surface area contributed by atoms with Gasteiger partial charge in [-0.3, -0.25) is 9.36 Å². The van der Waals surface area contributed by atoms with Gasteiger partial charge in [-0.15, -0.1) is 0 Å². The van der Waals surface area contributed by atoms with E-state index in [1.165, 1.54) is 6.20 Å². The first kappa shape index (κ1) is 10.5. The Morgan fingerprint density at radius 1 is 1.22 bits per heavy atom. The molecule has 0 aliphatic carbocycles. The molecule has 0 unspecified atom stereocenters. The highest BCUT2D eigenvalue weighted by molar-refractivity contribution is 5.59. The summed E-state index contributed by atoms with van der Waals surface area (Å²) in [5.41, 5.74) is 0.829. The van der Waals surface area contributed by atoms with Crippen molar-refractivity contribution in [3.8, 4) is 6.07 Å². The third-order valence-corrected chi connectivity index (χ3v) is 3.00. The molecule has 1 aromatic heterocycles. The van der Waals surface area contributed by atoms with Crippen LogP contribution in [0.4, 0.5) is 11.6 Å². The van der Waals surface area contributed by atoms with Gasteiger partial charge in [0.1, 0.15) is 11.6 Å². The van der Waals surface area contributed by atoms with Crippen molar-refractivity contribution in [1.29, 1.82) is 5.26 Å². The van der Waals surface area contributed by atoms with Crippen molar-refractivity contribution >= 4 is 11.6 Å². The van der Waals surface area contributed by atoms with Crippen LogP contribution < -0.4 is 10.5 Å². The Kier molecular flexibility index (Phi) is 2.34. The van der Waals surface area contributed by atoms with Crippen molar-refractivity contribution in [2.45, 2.75) is 6.54 Å². The van der Waals surface area contributed by atoms with Crippen molar-refractivity contribution in [3.05, 3.63) is 52.4 Å². The van der Waals surface area contributed by atoms with Gasteiger partial charge in [-0.2, -0.15) is 5.26 Å². The molecule has 0 fully saturated rings. The minimum absolute atomic E-state index is 0.0914. The zero-order chi connectivity index (χ0) is 12.5. The maximum atomic E-state index is 11.9. The number of fused-ring (bicyclic) bond motifs is 1. The lowest BCUT2D eigenvalue weighted by molar-refractivity contribution is 0.755. The van der Waals surface area contributed by atoms with Crippen LogP contribution in [0.3, 0.4) is 0 Å². The van der Waals surface area contributed by atoms with E-state index in [1.54, 1.807) is 4.57 Å². The molecule has 0 amide bonds.